The predicted molar refractivity (Wildman–Crippen MR) is 56.6 cm³/mol. The van der Waals surface area contributed by atoms with Gasteiger partial charge in [-0.25, -0.2) is 4.57 Å². The zero-order valence-corrected chi connectivity index (χ0v) is 8.06. The second-order valence-corrected chi connectivity index (χ2v) is 3.36. The molecular weight excluding hydrogens is 170 g/mol. The average Bonchev–Trinajstić information content (AvgIpc) is 2.23. The first-order chi connectivity index (χ1) is 6.84. The summed E-state index contributed by atoms with van der Waals surface area (Å²) >= 11 is 0. The van der Waals surface area contributed by atoms with E-state index in [0.29, 0.717) is 0 Å². The van der Waals surface area contributed by atoms with E-state index in [0.717, 1.165) is 12.1 Å². The lowest BCUT2D eigenvalue weighted by molar-refractivity contribution is -0.688. The highest BCUT2D eigenvalue weighted by Gasteiger charge is 1.99. The molecule has 0 aliphatic rings. The molecule has 14 heavy (non-hydrogen) atoms. The first-order valence-corrected chi connectivity index (χ1v) is 4.69. The smallest absolute Gasteiger partial charge is 0.173 e. The van der Waals surface area contributed by atoms with Crippen LogP contribution < -0.4 is 4.57 Å². The molecule has 0 aliphatic heterocycles. The first-order valence-electron chi connectivity index (χ1n) is 4.69. The Morgan fingerprint density at radius 3 is 2.21 bits per heavy atom. The lowest BCUT2D eigenvalue weighted by atomic mass is 10.1. The molecule has 1 aromatic carbocycles. The van der Waals surface area contributed by atoms with Crippen LogP contribution in [0.2, 0.25) is 0 Å². The second-order valence-electron chi connectivity index (χ2n) is 3.36. The van der Waals surface area contributed by atoms with Crippen LogP contribution in [0.5, 0.6) is 0 Å². The molecule has 0 aliphatic carbocycles. The van der Waals surface area contributed by atoms with Crippen LogP contribution in [0.25, 0.3) is 0 Å². The van der Waals surface area contributed by atoms with Gasteiger partial charge in [-0.3, -0.25) is 0 Å². The number of hydrogen-bond donors (Lipinski definition) is 0. The SMILES string of the molecule is [CH2]c1ccc(C[n+]2ccccc2)cc1. The normalized spacial score (nSPS) is 10.1. The van der Waals surface area contributed by atoms with E-state index in [2.05, 4.69) is 36.0 Å². The number of hydrogen-bond acceptors (Lipinski definition) is 0. The van der Waals surface area contributed by atoms with Crippen molar-refractivity contribution in [3.8, 4) is 0 Å². The molecule has 0 fully saturated rings. The number of pyridine rings is 1. The van der Waals surface area contributed by atoms with Crippen molar-refractivity contribution in [3.05, 3.63) is 72.9 Å². The van der Waals surface area contributed by atoms with Gasteiger partial charge in [0.15, 0.2) is 18.9 Å². The second kappa shape index (κ2) is 4.05. The number of nitrogens with zero attached hydrogens (tertiary/aromatic N) is 1. The van der Waals surface area contributed by atoms with Gasteiger partial charge in [-0.1, -0.05) is 30.3 Å². The van der Waals surface area contributed by atoms with E-state index in [1.54, 1.807) is 0 Å². The van der Waals surface area contributed by atoms with E-state index < -0.39 is 0 Å². The average molecular weight is 183 g/mol. The maximum absolute atomic E-state index is 3.86. The highest BCUT2D eigenvalue weighted by atomic mass is 14.9. The van der Waals surface area contributed by atoms with Gasteiger partial charge in [0.25, 0.3) is 0 Å². The summed E-state index contributed by atoms with van der Waals surface area (Å²) in [5, 5.41) is 0. The summed E-state index contributed by atoms with van der Waals surface area (Å²) in [5.41, 5.74) is 2.36. The van der Waals surface area contributed by atoms with Crippen LogP contribution in [-0.4, -0.2) is 0 Å². The summed E-state index contributed by atoms with van der Waals surface area (Å²) in [5.74, 6) is 0. The van der Waals surface area contributed by atoms with E-state index in [1.165, 1.54) is 5.56 Å². The van der Waals surface area contributed by atoms with Crippen molar-refractivity contribution in [1.29, 1.82) is 0 Å². The third kappa shape index (κ3) is 2.19. The van der Waals surface area contributed by atoms with Gasteiger partial charge in [0.05, 0.1) is 0 Å². The Bertz CT molecular complexity index is 389. The van der Waals surface area contributed by atoms with Crippen LogP contribution >= 0.6 is 0 Å². The quantitative estimate of drug-likeness (QED) is 0.628. The van der Waals surface area contributed by atoms with Gasteiger partial charge in [-0.15, -0.1) is 0 Å². The molecule has 0 atom stereocenters. The Morgan fingerprint density at radius 2 is 1.57 bits per heavy atom. The third-order valence-corrected chi connectivity index (χ3v) is 2.17. The molecular formula is C13H13N+. The monoisotopic (exact) mass is 183 g/mol. The maximum Gasteiger partial charge on any atom is 0.173 e. The number of rotatable bonds is 2. The number of benzene rings is 1. The molecule has 1 radical (unpaired) electrons. The predicted octanol–water partition coefficient (Wildman–Crippen LogP) is 2.20. The van der Waals surface area contributed by atoms with Crippen molar-refractivity contribution in [2.75, 3.05) is 0 Å². The van der Waals surface area contributed by atoms with Crippen LogP contribution in [0.4, 0.5) is 0 Å². The molecule has 1 aromatic heterocycles. The zero-order valence-electron chi connectivity index (χ0n) is 8.06. The molecule has 1 heteroatoms. The molecule has 0 amide bonds. The van der Waals surface area contributed by atoms with Crippen LogP contribution in [0.3, 0.4) is 0 Å². The Hall–Kier alpha value is -1.63. The molecule has 0 saturated carbocycles. The minimum absolute atomic E-state index is 0.918. The van der Waals surface area contributed by atoms with Gasteiger partial charge in [0, 0.05) is 17.7 Å². The molecule has 0 bridgehead atoms. The van der Waals surface area contributed by atoms with Gasteiger partial charge in [-0.05, 0) is 12.5 Å². The van der Waals surface area contributed by atoms with Gasteiger partial charge in [0.2, 0.25) is 0 Å². The molecule has 2 rings (SSSR count). The van der Waals surface area contributed by atoms with Gasteiger partial charge in [0.1, 0.15) is 0 Å². The summed E-state index contributed by atoms with van der Waals surface area (Å²) in [6, 6.07) is 14.4. The van der Waals surface area contributed by atoms with Crippen molar-refractivity contribution in [2.45, 2.75) is 6.54 Å². The molecule has 0 spiro atoms. The van der Waals surface area contributed by atoms with Crippen LogP contribution in [-0.2, 0) is 6.54 Å². The molecule has 0 N–H and O–H groups in total. The van der Waals surface area contributed by atoms with Crippen LogP contribution in [0.1, 0.15) is 11.1 Å². The van der Waals surface area contributed by atoms with Gasteiger partial charge >= 0.3 is 0 Å². The van der Waals surface area contributed by atoms with Crippen molar-refractivity contribution >= 4 is 0 Å². The van der Waals surface area contributed by atoms with E-state index in [-0.39, 0.29) is 0 Å². The van der Waals surface area contributed by atoms with Crippen LogP contribution in [0, 0.1) is 6.92 Å². The largest absolute Gasteiger partial charge is 0.201 e. The van der Waals surface area contributed by atoms with E-state index in [4.69, 9.17) is 0 Å². The standard InChI is InChI=1S/C13H13N/c1-12-5-7-13(8-6-12)11-14-9-3-2-4-10-14/h2-10H,1,11H2/q+1. The van der Waals surface area contributed by atoms with Crippen molar-refractivity contribution in [3.63, 3.8) is 0 Å². The molecule has 1 nitrogen and oxygen atoms in total. The minimum atomic E-state index is 0.918. The van der Waals surface area contributed by atoms with Crippen molar-refractivity contribution in [2.24, 2.45) is 0 Å². The third-order valence-electron chi connectivity index (χ3n) is 2.17. The lowest BCUT2D eigenvalue weighted by Gasteiger charge is -1.97. The summed E-state index contributed by atoms with van der Waals surface area (Å²) in [6.07, 6.45) is 4.14. The Balaban J connectivity index is 2.16. The molecule has 0 unspecified atom stereocenters. The first kappa shape index (κ1) is 8.95. The molecule has 69 valence electrons. The Labute approximate surface area is 84.6 Å². The summed E-state index contributed by atoms with van der Waals surface area (Å²) in [6.45, 7) is 4.78. The van der Waals surface area contributed by atoms with Crippen molar-refractivity contribution < 1.29 is 4.57 Å². The molecule has 1 heterocycles. The fourth-order valence-corrected chi connectivity index (χ4v) is 1.40. The van der Waals surface area contributed by atoms with Crippen molar-refractivity contribution in [1.82, 2.24) is 0 Å². The van der Waals surface area contributed by atoms with E-state index >= 15 is 0 Å². The fourth-order valence-electron chi connectivity index (χ4n) is 1.40. The van der Waals surface area contributed by atoms with Gasteiger partial charge in [-0.2, -0.15) is 0 Å². The molecule has 2 aromatic rings. The summed E-state index contributed by atoms with van der Waals surface area (Å²) in [7, 11) is 0. The number of aromatic nitrogens is 1. The Morgan fingerprint density at radius 1 is 0.929 bits per heavy atom. The topological polar surface area (TPSA) is 3.88 Å². The minimum Gasteiger partial charge on any atom is -0.201 e. The highest BCUT2D eigenvalue weighted by molar-refractivity contribution is 5.23. The fraction of sp³-hybridized carbons (Fsp3) is 0.0769. The Kier molecular flexibility index (Phi) is 2.59. The van der Waals surface area contributed by atoms with Crippen LogP contribution in [0.15, 0.2) is 54.9 Å². The lowest BCUT2D eigenvalue weighted by Crippen LogP contribution is -2.32. The summed E-state index contributed by atoms with van der Waals surface area (Å²) < 4.78 is 2.15. The highest BCUT2D eigenvalue weighted by Crippen LogP contribution is 2.01. The van der Waals surface area contributed by atoms with E-state index in [1.807, 2.05) is 30.3 Å². The van der Waals surface area contributed by atoms with E-state index in [9.17, 15) is 0 Å². The maximum atomic E-state index is 3.86. The summed E-state index contributed by atoms with van der Waals surface area (Å²) in [4.78, 5) is 0. The zero-order chi connectivity index (χ0) is 9.80. The van der Waals surface area contributed by atoms with Gasteiger partial charge < -0.3 is 0 Å². The molecule has 0 saturated heterocycles.